The highest BCUT2D eigenvalue weighted by Gasteiger charge is 2.56. The molecule has 4 aromatic rings. The summed E-state index contributed by atoms with van der Waals surface area (Å²) in [4.78, 5) is 32.6. The summed E-state index contributed by atoms with van der Waals surface area (Å²) in [5, 5.41) is 43.7. The van der Waals surface area contributed by atoms with Crippen LogP contribution >= 0.6 is 0 Å². The van der Waals surface area contributed by atoms with Crippen molar-refractivity contribution >= 4 is 27.2 Å². The molecule has 6 rings (SSSR count). The van der Waals surface area contributed by atoms with E-state index in [-0.39, 0.29) is 39.5 Å². The van der Waals surface area contributed by atoms with Crippen LogP contribution in [0.4, 0.5) is 11.4 Å². The van der Waals surface area contributed by atoms with Gasteiger partial charge < -0.3 is 19.7 Å². The fourth-order valence-corrected chi connectivity index (χ4v) is 6.75. The van der Waals surface area contributed by atoms with Crippen molar-refractivity contribution in [1.29, 1.82) is 0 Å². The van der Waals surface area contributed by atoms with Crippen molar-refractivity contribution < 1.29 is 42.7 Å². The van der Waals surface area contributed by atoms with Crippen LogP contribution in [0.3, 0.4) is 0 Å². The van der Waals surface area contributed by atoms with Crippen molar-refractivity contribution in [2.75, 3.05) is 0 Å². The number of nitro benzene ring substituents is 2. The quantitative estimate of drug-likeness (QED) is 0.204. The van der Waals surface area contributed by atoms with E-state index in [0.717, 1.165) is 24.3 Å². The lowest BCUT2D eigenvalue weighted by atomic mass is 9.77. The van der Waals surface area contributed by atoms with Gasteiger partial charge in [0.05, 0.1) is 31.9 Å². The Kier molecular flexibility index (Phi) is 5.12. The molecule has 0 saturated heterocycles. The largest absolute Gasteiger partial charge is 0.508 e. The molecular formula is C26H14N2O11S. The van der Waals surface area contributed by atoms with Crippen LogP contribution in [0.5, 0.6) is 23.0 Å². The van der Waals surface area contributed by atoms with Crippen LogP contribution in [0, 0.1) is 20.2 Å². The van der Waals surface area contributed by atoms with Gasteiger partial charge in [-0.3, -0.25) is 20.2 Å². The third kappa shape index (κ3) is 3.32. The van der Waals surface area contributed by atoms with Crippen LogP contribution in [0.2, 0.25) is 0 Å². The standard InChI is InChI=1S/C26H14N2O11S/c29-14-6-7-18-20(10-14)38-21-11-15(30)12-23(24(21)26(18)17-4-2-1-3-16(17)25(31)39-26)40(36,37)22-8-5-13(27(32)33)9-19(22)28(34)35/h1-12,29-30H. The topological polar surface area (TPSA) is 196 Å². The lowest BCUT2D eigenvalue weighted by Gasteiger charge is -2.37. The molecule has 0 saturated carbocycles. The number of sulfone groups is 1. The molecule has 4 aromatic carbocycles. The molecule has 2 aliphatic heterocycles. The Balaban J connectivity index is 1.73. The minimum absolute atomic E-state index is 0.00716. The monoisotopic (exact) mass is 562 g/mol. The number of phenols is 2. The Morgan fingerprint density at radius 2 is 1.50 bits per heavy atom. The van der Waals surface area contributed by atoms with Gasteiger partial charge in [0.15, 0.2) is 5.60 Å². The summed E-state index contributed by atoms with van der Waals surface area (Å²) in [5.41, 5.74) is -3.58. The molecular weight excluding hydrogens is 548 g/mol. The zero-order valence-corrected chi connectivity index (χ0v) is 20.6. The first-order chi connectivity index (χ1) is 18.9. The van der Waals surface area contributed by atoms with Crippen molar-refractivity contribution in [3.63, 3.8) is 0 Å². The fraction of sp³-hybridized carbons (Fsp3) is 0.0385. The number of fused-ring (bicyclic) bond motifs is 6. The molecule has 0 fully saturated rings. The van der Waals surface area contributed by atoms with Crippen LogP contribution in [0.25, 0.3) is 0 Å². The smallest absolute Gasteiger partial charge is 0.340 e. The van der Waals surface area contributed by atoms with Crippen molar-refractivity contribution in [3.8, 4) is 23.0 Å². The minimum Gasteiger partial charge on any atom is -0.508 e. The number of benzene rings is 4. The van der Waals surface area contributed by atoms with Gasteiger partial charge in [-0.1, -0.05) is 18.2 Å². The molecule has 2 N–H and O–H groups in total. The van der Waals surface area contributed by atoms with E-state index in [1.54, 1.807) is 12.1 Å². The van der Waals surface area contributed by atoms with Gasteiger partial charge in [-0.05, 0) is 30.3 Å². The number of esters is 1. The van der Waals surface area contributed by atoms with Gasteiger partial charge in [-0.25, -0.2) is 13.2 Å². The predicted molar refractivity (Wildman–Crippen MR) is 133 cm³/mol. The normalized spacial score (nSPS) is 16.9. The third-order valence-electron chi connectivity index (χ3n) is 6.67. The first kappa shape index (κ1) is 24.8. The molecule has 2 heterocycles. The number of rotatable bonds is 4. The van der Waals surface area contributed by atoms with E-state index in [9.17, 15) is 43.7 Å². The lowest BCUT2D eigenvalue weighted by molar-refractivity contribution is -0.396. The van der Waals surface area contributed by atoms with Gasteiger partial charge in [0, 0.05) is 29.3 Å². The van der Waals surface area contributed by atoms with Crippen molar-refractivity contribution in [2.45, 2.75) is 15.4 Å². The van der Waals surface area contributed by atoms with E-state index < -0.39 is 58.2 Å². The Labute approximate surface area is 223 Å². The molecule has 0 amide bonds. The molecule has 13 nitrogen and oxygen atoms in total. The van der Waals surface area contributed by atoms with E-state index in [1.807, 2.05) is 0 Å². The number of hydrogen-bond donors (Lipinski definition) is 2. The molecule has 1 spiro atoms. The van der Waals surface area contributed by atoms with Crippen molar-refractivity contribution in [2.24, 2.45) is 0 Å². The zero-order chi connectivity index (χ0) is 28.6. The Morgan fingerprint density at radius 3 is 2.23 bits per heavy atom. The molecule has 0 bridgehead atoms. The first-order valence-corrected chi connectivity index (χ1v) is 12.8. The van der Waals surface area contributed by atoms with Crippen LogP contribution in [-0.4, -0.2) is 34.4 Å². The van der Waals surface area contributed by atoms with Crippen molar-refractivity contribution in [3.05, 3.63) is 115 Å². The summed E-state index contributed by atoms with van der Waals surface area (Å²) < 4.78 is 40.1. The summed E-state index contributed by atoms with van der Waals surface area (Å²) in [6, 6.07) is 14.0. The Bertz CT molecular complexity index is 1940. The highest BCUT2D eigenvalue weighted by Crippen LogP contribution is 2.59. The number of non-ortho nitro benzene ring substituents is 1. The summed E-state index contributed by atoms with van der Waals surface area (Å²) >= 11 is 0. The molecule has 200 valence electrons. The van der Waals surface area contributed by atoms with Gasteiger partial charge in [0.2, 0.25) is 9.84 Å². The van der Waals surface area contributed by atoms with E-state index in [0.29, 0.717) is 6.07 Å². The molecule has 1 atom stereocenters. The summed E-state index contributed by atoms with van der Waals surface area (Å²) in [5.74, 6) is -1.92. The van der Waals surface area contributed by atoms with Crippen LogP contribution in [0.1, 0.15) is 27.0 Å². The highest BCUT2D eigenvalue weighted by atomic mass is 32.2. The molecule has 2 aliphatic rings. The van der Waals surface area contributed by atoms with E-state index in [4.69, 9.17) is 9.47 Å². The van der Waals surface area contributed by atoms with Gasteiger partial charge in [0.1, 0.15) is 27.9 Å². The van der Waals surface area contributed by atoms with E-state index in [2.05, 4.69) is 0 Å². The number of nitro groups is 2. The summed E-state index contributed by atoms with van der Waals surface area (Å²) in [6.07, 6.45) is 0. The molecule has 0 aliphatic carbocycles. The Morgan fingerprint density at radius 1 is 0.775 bits per heavy atom. The number of aromatic hydroxyl groups is 2. The molecule has 14 heteroatoms. The van der Waals surface area contributed by atoms with Crippen LogP contribution in [0.15, 0.2) is 82.6 Å². The molecule has 0 aromatic heterocycles. The number of phenolic OH excluding ortho intramolecular Hbond substituents is 2. The van der Waals surface area contributed by atoms with Crippen LogP contribution in [-0.2, 0) is 20.2 Å². The number of hydrogen-bond acceptors (Lipinski definition) is 11. The third-order valence-corrected chi connectivity index (χ3v) is 8.49. The second kappa shape index (κ2) is 8.25. The maximum absolute atomic E-state index is 14.1. The first-order valence-electron chi connectivity index (χ1n) is 11.3. The van der Waals surface area contributed by atoms with Crippen LogP contribution < -0.4 is 4.74 Å². The van der Waals surface area contributed by atoms with Crippen molar-refractivity contribution in [1.82, 2.24) is 0 Å². The van der Waals surface area contributed by atoms with Gasteiger partial charge in [0.25, 0.3) is 11.4 Å². The summed E-state index contributed by atoms with van der Waals surface area (Å²) in [7, 11) is -4.96. The number of nitrogens with zero attached hydrogens (tertiary/aromatic N) is 2. The maximum atomic E-state index is 14.1. The zero-order valence-electron chi connectivity index (χ0n) is 19.8. The Hall–Kier alpha value is -5.50. The number of carbonyl (C=O) groups excluding carboxylic acids is 1. The highest BCUT2D eigenvalue weighted by molar-refractivity contribution is 7.91. The number of carbonyl (C=O) groups is 1. The predicted octanol–water partition coefficient (Wildman–Crippen LogP) is 4.32. The van der Waals surface area contributed by atoms with Gasteiger partial charge in [-0.2, -0.15) is 0 Å². The maximum Gasteiger partial charge on any atom is 0.340 e. The fourth-order valence-electron chi connectivity index (χ4n) is 5.07. The lowest BCUT2D eigenvalue weighted by Crippen LogP contribution is -2.34. The second-order valence-electron chi connectivity index (χ2n) is 8.89. The molecule has 1 unspecified atom stereocenters. The van der Waals surface area contributed by atoms with E-state index in [1.165, 1.54) is 30.3 Å². The average Bonchev–Trinajstić information content (AvgIpc) is 3.20. The second-order valence-corrected chi connectivity index (χ2v) is 10.8. The molecule has 40 heavy (non-hydrogen) atoms. The average molecular weight is 562 g/mol. The van der Waals surface area contributed by atoms with Gasteiger partial charge >= 0.3 is 5.97 Å². The number of ether oxygens (including phenoxy) is 2. The SMILES string of the molecule is O=C1OC2(c3ccc(O)cc3Oc3cc(O)cc(S(=O)(=O)c4ccc([N+](=O)[O-])cc4[N+](=O)[O-])c32)c2ccccc21. The summed E-state index contributed by atoms with van der Waals surface area (Å²) in [6.45, 7) is 0. The van der Waals surface area contributed by atoms with Gasteiger partial charge in [-0.15, -0.1) is 0 Å². The minimum atomic E-state index is -4.96. The molecule has 0 radical (unpaired) electrons. The van der Waals surface area contributed by atoms with E-state index >= 15 is 0 Å².